The number of halogens is 1. The van der Waals surface area contributed by atoms with Gasteiger partial charge >= 0.3 is 6.09 Å². The molecule has 1 aromatic carbocycles. The molecule has 0 spiro atoms. The summed E-state index contributed by atoms with van der Waals surface area (Å²) in [6, 6.07) is 3.67. The number of hydrogen-bond acceptors (Lipinski definition) is 4. The Kier molecular flexibility index (Phi) is 4.52. The molecule has 0 saturated carbocycles. The van der Waals surface area contributed by atoms with Crippen molar-refractivity contribution in [3.05, 3.63) is 17.7 Å². The summed E-state index contributed by atoms with van der Waals surface area (Å²) in [6.07, 6.45) is -0.379. The van der Waals surface area contributed by atoms with Crippen molar-refractivity contribution in [2.45, 2.75) is 19.2 Å². The molecule has 0 aromatic heterocycles. The highest BCUT2D eigenvalue weighted by Gasteiger charge is 2.25. The summed E-state index contributed by atoms with van der Waals surface area (Å²) in [5.41, 5.74) is 0.852. The topological polar surface area (TPSA) is 48.0 Å². The fraction of sp³-hybridized carbons (Fsp3) is 0.462. The van der Waals surface area contributed by atoms with Gasteiger partial charge in [0.1, 0.15) is 0 Å². The Bertz CT molecular complexity index is 474. The Morgan fingerprint density at radius 3 is 2.74 bits per heavy atom. The smallest absolute Gasteiger partial charge is 0.415 e. The van der Waals surface area contributed by atoms with Crippen molar-refractivity contribution in [2.24, 2.45) is 0 Å². The molecule has 0 N–H and O–H groups in total. The number of rotatable bonds is 4. The third-order valence-corrected chi connectivity index (χ3v) is 3.53. The van der Waals surface area contributed by atoms with Gasteiger partial charge in [-0.2, -0.15) is 0 Å². The van der Waals surface area contributed by atoms with Crippen molar-refractivity contribution in [3.63, 3.8) is 0 Å². The summed E-state index contributed by atoms with van der Waals surface area (Å²) in [6.45, 7) is 5.17. The van der Waals surface area contributed by atoms with Crippen LogP contribution in [0.3, 0.4) is 0 Å². The van der Waals surface area contributed by atoms with Crippen molar-refractivity contribution in [1.82, 2.24) is 4.90 Å². The molecule has 104 valence electrons. The van der Waals surface area contributed by atoms with Crippen LogP contribution in [0, 0.1) is 0 Å². The lowest BCUT2D eigenvalue weighted by Crippen LogP contribution is -2.33. The zero-order chi connectivity index (χ0) is 13.8. The number of carbonyl (C=O) groups is 1. The Morgan fingerprint density at radius 2 is 2.11 bits per heavy atom. The molecule has 1 aromatic rings. The number of benzene rings is 1. The minimum atomic E-state index is -0.379. The largest absolute Gasteiger partial charge is 0.453 e. The van der Waals surface area contributed by atoms with E-state index >= 15 is 0 Å². The lowest BCUT2D eigenvalue weighted by Gasteiger charge is -2.19. The van der Waals surface area contributed by atoms with Crippen LogP contribution in [0.5, 0.6) is 17.2 Å². The van der Waals surface area contributed by atoms with E-state index in [4.69, 9.17) is 14.2 Å². The number of carbonyl (C=O) groups excluding carboxylic acids is 1. The first-order valence-electron chi connectivity index (χ1n) is 6.15. The van der Waals surface area contributed by atoms with E-state index in [2.05, 4.69) is 15.9 Å². The van der Waals surface area contributed by atoms with Crippen molar-refractivity contribution in [2.75, 3.05) is 19.9 Å². The molecule has 2 rings (SSSR count). The van der Waals surface area contributed by atoms with Gasteiger partial charge in [0, 0.05) is 24.0 Å². The number of hydrogen-bond donors (Lipinski definition) is 0. The highest BCUT2D eigenvalue weighted by molar-refractivity contribution is 9.08. The average Bonchev–Trinajstić information content (AvgIpc) is 2.89. The van der Waals surface area contributed by atoms with Crippen LogP contribution in [0.15, 0.2) is 12.1 Å². The van der Waals surface area contributed by atoms with Crippen LogP contribution < -0.4 is 14.2 Å². The molecule has 0 atom stereocenters. The van der Waals surface area contributed by atoms with Crippen LogP contribution in [-0.2, 0) is 5.33 Å². The lowest BCUT2D eigenvalue weighted by atomic mass is 10.2. The van der Waals surface area contributed by atoms with Crippen LogP contribution in [0.25, 0.3) is 0 Å². The molecule has 0 bridgehead atoms. The van der Waals surface area contributed by atoms with Crippen LogP contribution in [-0.4, -0.2) is 30.9 Å². The van der Waals surface area contributed by atoms with Crippen LogP contribution >= 0.6 is 15.9 Å². The van der Waals surface area contributed by atoms with Gasteiger partial charge in [-0.3, -0.25) is 0 Å². The van der Waals surface area contributed by atoms with Crippen LogP contribution in [0.1, 0.15) is 19.4 Å². The molecular formula is C13H16BrNO4. The van der Waals surface area contributed by atoms with Crippen molar-refractivity contribution >= 4 is 22.0 Å². The van der Waals surface area contributed by atoms with Gasteiger partial charge < -0.3 is 19.1 Å². The van der Waals surface area contributed by atoms with Crippen molar-refractivity contribution in [1.29, 1.82) is 0 Å². The van der Waals surface area contributed by atoms with Gasteiger partial charge in [0.05, 0.1) is 0 Å². The molecule has 1 amide bonds. The van der Waals surface area contributed by atoms with E-state index in [0.29, 0.717) is 35.7 Å². The second kappa shape index (κ2) is 6.14. The zero-order valence-corrected chi connectivity index (χ0v) is 12.5. The minimum Gasteiger partial charge on any atom is -0.453 e. The minimum absolute atomic E-state index is 0.150. The summed E-state index contributed by atoms with van der Waals surface area (Å²) < 4.78 is 16.1. The van der Waals surface area contributed by atoms with Gasteiger partial charge in [-0.05, 0) is 19.9 Å². The van der Waals surface area contributed by atoms with Gasteiger partial charge in [0.25, 0.3) is 0 Å². The fourth-order valence-electron chi connectivity index (χ4n) is 1.84. The average molecular weight is 330 g/mol. The summed E-state index contributed by atoms with van der Waals surface area (Å²) >= 11 is 3.38. The Morgan fingerprint density at radius 1 is 1.37 bits per heavy atom. The molecule has 0 fully saturated rings. The van der Waals surface area contributed by atoms with E-state index in [-0.39, 0.29) is 12.9 Å². The van der Waals surface area contributed by atoms with E-state index in [9.17, 15) is 4.79 Å². The summed E-state index contributed by atoms with van der Waals surface area (Å²) in [5, 5.41) is 0.574. The Labute approximate surface area is 120 Å². The SMILES string of the molecule is CCN(CC)C(=O)Oc1c(CBr)ccc2c1OCO2. The normalized spacial score (nSPS) is 12.4. The summed E-state index contributed by atoms with van der Waals surface area (Å²) in [7, 11) is 0. The van der Waals surface area contributed by atoms with E-state index in [1.165, 1.54) is 0 Å². The Hall–Kier alpha value is -1.43. The third kappa shape index (κ3) is 2.78. The lowest BCUT2D eigenvalue weighted by molar-refractivity contribution is 0.150. The number of fused-ring (bicyclic) bond motifs is 1. The predicted octanol–water partition coefficient (Wildman–Crippen LogP) is 3.15. The summed E-state index contributed by atoms with van der Waals surface area (Å²) in [5.74, 6) is 1.54. The summed E-state index contributed by atoms with van der Waals surface area (Å²) in [4.78, 5) is 13.6. The first-order valence-corrected chi connectivity index (χ1v) is 7.27. The molecule has 1 heterocycles. The molecular weight excluding hydrogens is 314 g/mol. The molecule has 5 nitrogen and oxygen atoms in total. The number of nitrogens with zero attached hydrogens (tertiary/aromatic N) is 1. The van der Waals surface area contributed by atoms with Gasteiger partial charge in [-0.1, -0.05) is 22.0 Å². The van der Waals surface area contributed by atoms with Gasteiger partial charge in [0.15, 0.2) is 11.5 Å². The van der Waals surface area contributed by atoms with Crippen LogP contribution in [0.4, 0.5) is 4.79 Å². The molecule has 19 heavy (non-hydrogen) atoms. The molecule has 0 unspecified atom stereocenters. The number of alkyl halides is 1. The molecule has 1 aliphatic heterocycles. The van der Waals surface area contributed by atoms with E-state index in [1.807, 2.05) is 26.0 Å². The fourth-order valence-corrected chi connectivity index (χ4v) is 2.28. The first kappa shape index (κ1) is 14.0. The second-order valence-corrected chi connectivity index (χ2v) is 4.52. The maximum absolute atomic E-state index is 12.0. The third-order valence-electron chi connectivity index (χ3n) is 2.93. The van der Waals surface area contributed by atoms with E-state index in [1.54, 1.807) is 4.90 Å². The zero-order valence-electron chi connectivity index (χ0n) is 10.9. The van der Waals surface area contributed by atoms with Gasteiger partial charge in [-0.15, -0.1) is 0 Å². The maximum atomic E-state index is 12.0. The molecule has 0 radical (unpaired) electrons. The van der Waals surface area contributed by atoms with E-state index < -0.39 is 0 Å². The van der Waals surface area contributed by atoms with Gasteiger partial charge in [-0.25, -0.2) is 4.79 Å². The quantitative estimate of drug-likeness (QED) is 0.796. The van der Waals surface area contributed by atoms with Crippen molar-refractivity contribution < 1.29 is 19.0 Å². The molecule has 0 saturated heterocycles. The second-order valence-electron chi connectivity index (χ2n) is 3.96. The molecule has 0 aliphatic carbocycles. The Balaban J connectivity index is 2.28. The van der Waals surface area contributed by atoms with E-state index in [0.717, 1.165) is 5.56 Å². The number of ether oxygens (including phenoxy) is 3. The standard InChI is InChI=1S/C13H16BrNO4/c1-3-15(4-2)13(16)19-11-9(7-14)5-6-10-12(11)18-8-17-10/h5-6H,3-4,7-8H2,1-2H3. The predicted molar refractivity (Wildman–Crippen MR) is 74.1 cm³/mol. The first-order chi connectivity index (χ1) is 9.21. The highest BCUT2D eigenvalue weighted by atomic mass is 79.9. The molecule has 1 aliphatic rings. The van der Waals surface area contributed by atoms with Crippen molar-refractivity contribution in [3.8, 4) is 17.2 Å². The molecule has 6 heteroatoms. The maximum Gasteiger partial charge on any atom is 0.415 e. The van der Waals surface area contributed by atoms with Crippen LogP contribution in [0.2, 0.25) is 0 Å². The monoisotopic (exact) mass is 329 g/mol. The number of amides is 1. The highest BCUT2D eigenvalue weighted by Crippen LogP contribution is 2.44. The van der Waals surface area contributed by atoms with Gasteiger partial charge in [0.2, 0.25) is 12.5 Å².